The van der Waals surface area contributed by atoms with E-state index in [4.69, 9.17) is 0 Å². The molecule has 2 aromatic rings. The molecule has 2 heterocycles. The minimum Gasteiger partial charge on any atom is -0.314 e. The third-order valence-corrected chi connectivity index (χ3v) is 5.40. The summed E-state index contributed by atoms with van der Waals surface area (Å²) in [6, 6.07) is 0. The lowest BCUT2D eigenvalue weighted by Gasteiger charge is -2.07. The minimum absolute atomic E-state index is 0.228. The summed E-state index contributed by atoms with van der Waals surface area (Å²) in [5, 5.41) is 12.6. The van der Waals surface area contributed by atoms with Gasteiger partial charge < -0.3 is 5.32 Å². The van der Waals surface area contributed by atoms with E-state index in [2.05, 4.69) is 25.2 Å². The number of nitrogens with zero attached hydrogens (tertiary/aromatic N) is 2. The SMILES string of the molecule is CNCc1n[nH]c(C)c1S(=O)(=O)NCCc1csc(C)n1. The maximum absolute atomic E-state index is 12.4. The van der Waals surface area contributed by atoms with Crippen molar-refractivity contribution >= 4 is 21.4 Å². The second-order valence-electron chi connectivity index (χ2n) is 4.66. The van der Waals surface area contributed by atoms with Gasteiger partial charge in [-0.15, -0.1) is 11.3 Å². The first-order chi connectivity index (χ1) is 9.94. The van der Waals surface area contributed by atoms with Crippen molar-refractivity contribution in [3.05, 3.63) is 27.5 Å². The van der Waals surface area contributed by atoms with E-state index in [0.29, 0.717) is 30.9 Å². The molecule has 2 aromatic heterocycles. The van der Waals surface area contributed by atoms with Crippen molar-refractivity contribution in [3.8, 4) is 0 Å². The van der Waals surface area contributed by atoms with Gasteiger partial charge in [0.15, 0.2) is 0 Å². The molecule has 0 amide bonds. The van der Waals surface area contributed by atoms with Gasteiger partial charge in [0.05, 0.1) is 22.1 Å². The molecule has 0 unspecified atom stereocenters. The molecule has 0 atom stereocenters. The van der Waals surface area contributed by atoms with Crippen molar-refractivity contribution in [1.82, 2.24) is 25.2 Å². The topological polar surface area (TPSA) is 99.8 Å². The number of aryl methyl sites for hydroxylation is 2. The van der Waals surface area contributed by atoms with Gasteiger partial charge in [-0.1, -0.05) is 0 Å². The van der Waals surface area contributed by atoms with E-state index < -0.39 is 10.0 Å². The van der Waals surface area contributed by atoms with E-state index in [1.807, 2.05) is 12.3 Å². The molecule has 9 heteroatoms. The molecule has 0 saturated carbocycles. The molecular weight excluding hydrogens is 310 g/mol. The Morgan fingerprint density at radius 1 is 1.38 bits per heavy atom. The Morgan fingerprint density at radius 3 is 2.76 bits per heavy atom. The fraction of sp³-hybridized carbons (Fsp3) is 0.500. The van der Waals surface area contributed by atoms with Crippen LogP contribution in [-0.2, 0) is 23.0 Å². The largest absolute Gasteiger partial charge is 0.314 e. The van der Waals surface area contributed by atoms with Crippen LogP contribution in [0.1, 0.15) is 22.1 Å². The van der Waals surface area contributed by atoms with Crippen molar-refractivity contribution in [1.29, 1.82) is 0 Å². The van der Waals surface area contributed by atoms with Gasteiger partial charge in [-0.3, -0.25) is 5.10 Å². The van der Waals surface area contributed by atoms with Gasteiger partial charge >= 0.3 is 0 Å². The molecule has 21 heavy (non-hydrogen) atoms. The summed E-state index contributed by atoms with van der Waals surface area (Å²) >= 11 is 1.56. The lowest BCUT2D eigenvalue weighted by atomic mass is 10.3. The molecule has 0 aliphatic heterocycles. The second-order valence-corrected chi connectivity index (χ2v) is 7.43. The number of rotatable bonds is 7. The smallest absolute Gasteiger partial charge is 0.244 e. The third kappa shape index (κ3) is 3.88. The first-order valence-corrected chi connectivity index (χ1v) is 8.89. The standard InChI is InChI=1S/C12H19N5O2S2/c1-8-12(11(6-13-3)17-16-8)21(18,19)14-5-4-10-7-20-9(2)15-10/h7,13-14H,4-6H2,1-3H3,(H,16,17). The first-order valence-electron chi connectivity index (χ1n) is 6.53. The summed E-state index contributed by atoms with van der Waals surface area (Å²) in [5.74, 6) is 0. The molecular formula is C12H19N5O2S2. The van der Waals surface area contributed by atoms with Crippen LogP contribution < -0.4 is 10.0 Å². The Bertz CT molecular complexity index is 705. The zero-order valence-electron chi connectivity index (χ0n) is 12.2. The molecule has 0 aliphatic carbocycles. The van der Waals surface area contributed by atoms with Crippen LogP contribution in [0.25, 0.3) is 0 Å². The zero-order chi connectivity index (χ0) is 15.5. The van der Waals surface area contributed by atoms with Crippen molar-refractivity contribution in [2.45, 2.75) is 31.7 Å². The number of sulfonamides is 1. The van der Waals surface area contributed by atoms with Crippen molar-refractivity contribution in [2.24, 2.45) is 0 Å². The first kappa shape index (κ1) is 16.1. The predicted molar refractivity (Wildman–Crippen MR) is 81.8 cm³/mol. The van der Waals surface area contributed by atoms with Gasteiger partial charge in [0.2, 0.25) is 10.0 Å². The summed E-state index contributed by atoms with van der Waals surface area (Å²) in [5.41, 5.74) is 1.93. The summed E-state index contributed by atoms with van der Waals surface area (Å²) in [6.45, 7) is 4.34. The lowest BCUT2D eigenvalue weighted by molar-refractivity contribution is 0.578. The van der Waals surface area contributed by atoms with Crippen molar-refractivity contribution in [2.75, 3.05) is 13.6 Å². The third-order valence-electron chi connectivity index (χ3n) is 2.91. The number of hydrogen-bond acceptors (Lipinski definition) is 6. The van der Waals surface area contributed by atoms with Crippen LogP contribution in [0.15, 0.2) is 10.3 Å². The number of aromatic nitrogens is 3. The summed E-state index contributed by atoms with van der Waals surface area (Å²) in [6.07, 6.45) is 0.571. The van der Waals surface area contributed by atoms with Crippen LogP contribution in [0.5, 0.6) is 0 Å². The van der Waals surface area contributed by atoms with Gasteiger partial charge in [-0.05, 0) is 20.9 Å². The molecule has 0 aromatic carbocycles. The van der Waals surface area contributed by atoms with E-state index in [1.165, 1.54) is 0 Å². The molecule has 0 radical (unpaired) electrons. The molecule has 0 bridgehead atoms. The van der Waals surface area contributed by atoms with Crippen LogP contribution in [0.4, 0.5) is 0 Å². The Hall–Kier alpha value is -1.29. The van der Waals surface area contributed by atoms with E-state index in [0.717, 1.165) is 10.7 Å². The Kier molecular flexibility index (Phi) is 5.09. The Morgan fingerprint density at radius 2 is 2.14 bits per heavy atom. The van der Waals surface area contributed by atoms with Gasteiger partial charge in [-0.25, -0.2) is 18.1 Å². The molecule has 3 N–H and O–H groups in total. The maximum atomic E-state index is 12.4. The number of thiazole rings is 1. The highest BCUT2D eigenvalue weighted by molar-refractivity contribution is 7.89. The van der Waals surface area contributed by atoms with E-state index in [9.17, 15) is 8.42 Å². The average Bonchev–Trinajstić information content (AvgIpc) is 2.97. The van der Waals surface area contributed by atoms with Crippen molar-refractivity contribution < 1.29 is 8.42 Å². The average molecular weight is 329 g/mol. The van der Waals surface area contributed by atoms with E-state index >= 15 is 0 Å². The monoisotopic (exact) mass is 329 g/mol. The lowest BCUT2D eigenvalue weighted by Crippen LogP contribution is -2.27. The van der Waals surface area contributed by atoms with Gasteiger partial charge in [0.25, 0.3) is 0 Å². The Labute approximate surface area is 128 Å². The summed E-state index contributed by atoms with van der Waals surface area (Å²) < 4.78 is 27.4. The quantitative estimate of drug-likeness (QED) is 0.695. The molecule has 7 nitrogen and oxygen atoms in total. The molecule has 116 valence electrons. The second kappa shape index (κ2) is 6.65. The zero-order valence-corrected chi connectivity index (χ0v) is 13.9. The van der Waals surface area contributed by atoms with E-state index in [1.54, 1.807) is 25.3 Å². The molecule has 0 fully saturated rings. The highest BCUT2D eigenvalue weighted by Crippen LogP contribution is 2.17. The number of nitrogens with one attached hydrogen (secondary N) is 3. The van der Waals surface area contributed by atoms with Gasteiger partial charge in [0, 0.05) is 24.9 Å². The summed E-state index contributed by atoms with van der Waals surface area (Å²) in [7, 11) is -1.82. The normalized spacial score (nSPS) is 12.0. The number of hydrogen-bond donors (Lipinski definition) is 3. The van der Waals surface area contributed by atoms with Crippen molar-refractivity contribution in [3.63, 3.8) is 0 Å². The number of H-pyrrole nitrogens is 1. The van der Waals surface area contributed by atoms with Crippen LogP contribution in [0.3, 0.4) is 0 Å². The molecule has 0 saturated heterocycles. The fourth-order valence-corrected chi connectivity index (χ4v) is 4.06. The van der Waals surface area contributed by atoms with E-state index in [-0.39, 0.29) is 4.90 Å². The molecule has 2 rings (SSSR count). The minimum atomic E-state index is -3.57. The van der Waals surface area contributed by atoms with Crippen LogP contribution >= 0.6 is 11.3 Å². The highest BCUT2D eigenvalue weighted by Gasteiger charge is 2.23. The number of aromatic amines is 1. The van der Waals surface area contributed by atoms with Gasteiger partial charge in [-0.2, -0.15) is 5.10 Å². The van der Waals surface area contributed by atoms with Crippen LogP contribution in [-0.4, -0.2) is 37.2 Å². The summed E-state index contributed by atoms with van der Waals surface area (Å²) in [4.78, 5) is 4.54. The molecule has 0 aliphatic rings. The Balaban J connectivity index is 2.06. The van der Waals surface area contributed by atoms with Crippen LogP contribution in [0, 0.1) is 13.8 Å². The fourth-order valence-electron chi connectivity index (χ4n) is 2.02. The molecule has 0 spiro atoms. The highest BCUT2D eigenvalue weighted by atomic mass is 32.2. The van der Waals surface area contributed by atoms with Crippen LogP contribution in [0.2, 0.25) is 0 Å². The van der Waals surface area contributed by atoms with Gasteiger partial charge in [0.1, 0.15) is 4.90 Å². The predicted octanol–water partition coefficient (Wildman–Crippen LogP) is 0.723. The maximum Gasteiger partial charge on any atom is 0.244 e.